The summed E-state index contributed by atoms with van der Waals surface area (Å²) < 4.78 is 0. The number of nitrogens with two attached hydrogens (primary N) is 1. The van der Waals surface area contributed by atoms with Crippen LogP contribution in [-0.4, -0.2) is 35.2 Å². The fourth-order valence-corrected chi connectivity index (χ4v) is 4.48. The van der Waals surface area contributed by atoms with Crippen molar-refractivity contribution >= 4 is 40.4 Å². The lowest BCUT2D eigenvalue weighted by molar-refractivity contribution is -0.122. The lowest BCUT2D eigenvalue weighted by atomic mass is 10.1. The zero-order chi connectivity index (χ0) is 22.5. The standard InChI is InChI=1S/C24H24N4O3S/c25-22(29)20-9-3-11-28(20)15-16-5-1-7-18(13-16)26-23(30)17-6-2-8-19(14-17)27-24(31)21-10-4-12-32-21/h1-2,4-8,10,12-14,20H,3,9,11,15H2,(H2,25,29)(H,26,30)(H,27,31). The van der Waals surface area contributed by atoms with Crippen LogP contribution in [0, 0.1) is 0 Å². The van der Waals surface area contributed by atoms with E-state index in [1.807, 2.05) is 35.7 Å². The van der Waals surface area contributed by atoms with Crippen LogP contribution in [-0.2, 0) is 11.3 Å². The molecule has 4 N–H and O–H groups in total. The molecule has 32 heavy (non-hydrogen) atoms. The third-order valence-electron chi connectivity index (χ3n) is 5.39. The first-order valence-electron chi connectivity index (χ1n) is 10.4. The number of hydrogen-bond donors (Lipinski definition) is 3. The fourth-order valence-electron chi connectivity index (χ4n) is 3.86. The van der Waals surface area contributed by atoms with Crippen LogP contribution in [0.15, 0.2) is 66.0 Å². The highest BCUT2D eigenvalue weighted by atomic mass is 32.1. The van der Waals surface area contributed by atoms with E-state index in [0.29, 0.717) is 28.4 Å². The molecule has 0 spiro atoms. The van der Waals surface area contributed by atoms with Gasteiger partial charge in [-0.15, -0.1) is 11.3 Å². The highest BCUT2D eigenvalue weighted by Crippen LogP contribution is 2.22. The van der Waals surface area contributed by atoms with Gasteiger partial charge in [-0.2, -0.15) is 0 Å². The van der Waals surface area contributed by atoms with Crippen molar-refractivity contribution in [2.75, 3.05) is 17.2 Å². The molecule has 7 nitrogen and oxygen atoms in total. The highest BCUT2D eigenvalue weighted by Gasteiger charge is 2.28. The van der Waals surface area contributed by atoms with Crippen molar-refractivity contribution in [2.45, 2.75) is 25.4 Å². The Kier molecular flexibility index (Phi) is 6.63. The number of thiophene rings is 1. The van der Waals surface area contributed by atoms with E-state index in [1.54, 1.807) is 30.3 Å². The Hall–Kier alpha value is -3.49. The van der Waals surface area contributed by atoms with Crippen molar-refractivity contribution in [1.29, 1.82) is 0 Å². The van der Waals surface area contributed by atoms with Gasteiger partial charge in [0.05, 0.1) is 10.9 Å². The second kappa shape index (κ2) is 9.76. The zero-order valence-corrected chi connectivity index (χ0v) is 18.2. The molecule has 2 aromatic carbocycles. The summed E-state index contributed by atoms with van der Waals surface area (Å²) in [7, 11) is 0. The molecule has 8 heteroatoms. The predicted molar refractivity (Wildman–Crippen MR) is 126 cm³/mol. The molecular formula is C24H24N4O3S. The normalized spacial score (nSPS) is 15.9. The van der Waals surface area contributed by atoms with E-state index in [1.165, 1.54) is 11.3 Å². The number of likely N-dealkylation sites (tertiary alicyclic amines) is 1. The number of nitrogens with one attached hydrogen (secondary N) is 2. The third-order valence-corrected chi connectivity index (χ3v) is 6.26. The number of hydrogen-bond acceptors (Lipinski definition) is 5. The van der Waals surface area contributed by atoms with Crippen LogP contribution < -0.4 is 16.4 Å². The number of benzene rings is 2. The van der Waals surface area contributed by atoms with Crippen LogP contribution in [0.1, 0.15) is 38.4 Å². The van der Waals surface area contributed by atoms with Crippen molar-refractivity contribution in [3.05, 3.63) is 82.0 Å². The smallest absolute Gasteiger partial charge is 0.265 e. The second-order valence-corrected chi connectivity index (χ2v) is 8.65. The molecule has 0 radical (unpaired) electrons. The summed E-state index contributed by atoms with van der Waals surface area (Å²) in [4.78, 5) is 39.4. The number of carbonyl (C=O) groups excluding carboxylic acids is 3. The molecule has 2 heterocycles. The fraction of sp³-hybridized carbons (Fsp3) is 0.208. The molecular weight excluding hydrogens is 424 g/mol. The summed E-state index contributed by atoms with van der Waals surface area (Å²) in [5.74, 6) is -0.773. The Labute approximate surface area is 190 Å². The van der Waals surface area contributed by atoms with E-state index in [2.05, 4.69) is 15.5 Å². The van der Waals surface area contributed by atoms with Crippen LogP contribution in [0.2, 0.25) is 0 Å². The number of rotatable bonds is 7. The molecule has 1 fully saturated rings. The van der Waals surface area contributed by atoms with Crippen LogP contribution in [0.25, 0.3) is 0 Å². The largest absolute Gasteiger partial charge is 0.368 e. The minimum Gasteiger partial charge on any atom is -0.368 e. The van der Waals surface area contributed by atoms with Crippen molar-refractivity contribution in [3.63, 3.8) is 0 Å². The van der Waals surface area contributed by atoms with Gasteiger partial charge in [-0.3, -0.25) is 19.3 Å². The average molecular weight is 449 g/mol. The third kappa shape index (κ3) is 5.22. The van der Waals surface area contributed by atoms with Gasteiger partial charge in [-0.05, 0) is 66.7 Å². The first-order chi connectivity index (χ1) is 15.5. The quantitative estimate of drug-likeness (QED) is 0.513. The van der Waals surface area contributed by atoms with Gasteiger partial charge in [0, 0.05) is 23.5 Å². The lowest BCUT2D eigenvalue weighted by Gasteiger charge is -2.22. The van der Waals surface area contributed by atoms with Gasteiger partial charge in [-0.25, -0.2) is 0 Å². The molecule has 3 amide bonds. The van der Waals surface area contributed by atoms with Gasteiger partial charge in [-0.1, -0.05) is 24.3 Å². The molecule has 4 rings (SSSR count). The molecule has 1 atom stereocenters. The lowest BCUT2D eigenvalue weighted by Crippen LogP contribution is -2.39. The molecule has 0 bridgehead atoms. The van der Waals surface area contributed by atoms with Crippen molar-refractivity contribution in [3.8, 4) is 0 Å². The van der Waals surface area contributed by atoms with E-state index < -0.39 is 0 Å². The molecule has 1 aliphatic heterocycles. The number of amides is 3. The Morgan fingerprint density at radius 2 is 1.72 bits per heavy atom. The number of anilines is 2. The number of primary amides is 1. The van der Waals surface area contributed by atoms with Gasteiger partial charge in [0.25, 0.3) is 11.8 Å². The minimum atomic E-state index is -0.294. The summed E-state index contributed by atoms with van der Waals surface area (Å²) in [5.41, 5.74) is 8.15. The molecule has 1 aromatic heterocycles. The summed E-state index contributed by atoms with van der Waals surface area (Å²) in [6.07, 6.45) is 1.73. The van der Waals surface area contributed by atoms with Crippen molar-refractivity contribution in [2.24, 2.45) is 5.73 Å². The molecule has 0 aliphatic carbocycles. The summed E-state index contributed by atoms with van der Waals surface area (Å²) >= 11 is 1.36. The maximum Gasteiger partial charge on any atom is 0.265 e. The van der Waals surface area contributed by atoms with Crippen LogP contribution in [0.3, 0.4) is 0 Å². The topological polar surface area (TPSA) is 105 Å². The Balaban J connectivity index is 1.41. The van der Waals surface area contributed by atoms with Crippen LogP contribution in [0.4, 0.5) is 11.4 Å². The maximum absolute atomic E-state index is 12.8. The maximum atomic E-state index is 12.8. The van der Waals surface area contributed by atoms with E-state index >= 15 is 0 Å². The Morgan fingerprint density at radius 1 is 0.969 bits per heavy atom. The van der Waals surface area contributed by atoms with E-state index in [0.717, 1.165) is 24.9 Å². The van der Waals surface area contributed by atoms with Gasteiger partial charge in [0.15, 0.2) is 0 Å². The summed E-state index contributed by atoms with van der Waals surface area (Å²) in [6.45, 7) is 1.43. The monoisotopic (exact) mass is 448 g/mol. The zero-order valence-electron chi connectivity index (χ0n) is 17.4. The van der Waals surface area contributed by atoms with Gasteiger partial charge in [0.2, 0.25) is 5.91 Å². The summed E-state index contributed by atoms with van der Waals surface area (Å²) in [6, 6.07) is 17.7. The van der Waals surface area contributed by atoms with Gasteiger partial charge >= 0.3 is 0 Å². The van der Waals surface area contributed by atoms with E-state index in [4.69, 9.17) is 5.73 Å². The number of carbonyl (C=O) groups is 3. The Morgan fingerprint density at radius 3 is 2.47 bits per heavy atom. The molecule has 0 saturated carbocycles. The van der Waals surface area contributed by atoms with Crippen molar-refractivity contribution in [1.82, 2.24) is 4.90 Å². The SMILES string of the molecule is NC(=O)C1CCCN1Cc1cccc(NC(=O)c2cccc(NC(=O)c3cccs3)c2)c1. The molecule has 1 unspecified atom stereocenters. The van der Waals surface area contributed by atoms with Crippen LogP contribution >= 0.6 is 11.3 Å². The molecule has 1 aliphatic rings. The highest BCUT2D eigenvalue weighted by molar-refractivity contribution is 7.12. The first-order valence-corrected chi connectivity index (χ1v) is 11.3. The molecule has 164 valence electrons. The van der Waals surface area contributed by atoms with Crippen molar-refractivity contribution < 1.29 is 14.4 Å². The first kappa shape index (κ1) is 21.7. The predicted octanol–water partition coefficient (Wildman–Crippen LogP) is 3.70. The average Bonchev–Trinajstić information content (AvgIpc) is 3.46. The van der Waals surface area contributed by atoms with Gasteiger partial charge < -0.3 is 16.4 Å². The van der Waals surface area contributed by atoms with Gasteiger partial charge in [0.1, 0.15) is 0 Å². The Bertz CT molecular complexity index is 1130. The molecule has 1 saturated heterocycles. The number of nitrogens with zero attached hydrogens (tertiary/aromatic N) is 1. The summed E-state index contributed by atoms with van der Waals surface area (Å²) in [5, 5.41) is 7.56. The minimum absolute atomic E-state index is 0.207. The van der Waals surface area contributed by atoms with Crippen LogP contribution in [0.5, 0.6) is 0 Å². The molecule has 3 aromatic rings. The van der Waals surface area contributed by atoms with E-state index in [-0.39, 0.29) is 23.8 Å². The second-order valence-electron chi connectivity index (χ2n) is 7.70. The van der Waals surface area contributed by atoms with E-state index in [9.17, 15) is 14.4 Å².